The fourth-order valence-corrected chi connectivity index (χ4v) is 12.8. The summed E-state index contributed by atoms with van der Waals surface area (Å²) in [7, 11) is 1.73. The van der Waals surface area contributed by atoms with Gasteiger partial charge >= 0.3 is 0 Å². The molecule has 6 nitrogen and oxygen atoms in total. The molecule has 1 aliphatic heterocycles. The maximum absolute atomic E-state index is 7.28. The summed E-state index contributed by atoms with van der Waals surface area (Å²) >= 11 is 0. The Morgan fingerprint density at radius 2 is 1.51 bits per heavy atom. The average molecular weight is 680 g/mol. The third-order valence-corrected chi connectivity index (χ3v) is 16.4. The van der Waals surface area contributed by atoms with Crippen LogP contribution < -0.4 is 15.1 Å². The normalized spacial score (nSPS) is 20.7. The van der Waals surface area contributed by atoms with Crippen LogP contribution in [0.15, 0.2) is 77.3 Å². The van der Waals surface area contributed by atoms with E-state index in [2.05, 4.69) is 123 Å². The molecule has 0 spiro atoms. The van der Waals surface area contributed by atoms with Crippen molar-refractivity contribution >= 4 is 29.7 Å². The zero-order valence-corrected chi connectivity index (χ0v) is 31.5. The quantitative estimate of drug-likeness (QED) is 0.121. The number of piperidine rings is 1. The second-order valence-electron chi connectivity index (χ2n) is 16.6. The average Bonchev–Trinajstić information content (AvgIpc) is 4.02. The molecule has 262 valence electrons. The van der Waals surface area contributed by atoms with Gasteiger partial charge in [-0.15, -0.1) is 0 Å². The molecular formula is C42H57N3O3Si. The highest BCUT2D eigenvalue weighted by Gasteiger charge is 2.51. The van der Waals surface area contributed by atoms with Gasteiger partial charge in [0.2, 0.25) is 0 Å². The Labute approximate surface area is 295 Å². The molecule has 0 amide bonds. The lowest BCUT2D eigenvalue weighted by Crippen LogP contribution is -2.66. The molecule has 2 saturated carbocycles. The summed E-state index contributed by atoms with van der Waals surface area (Å²) in [6.07, 6.45) is 8.57. The molecule has 0 unspecified atom stereocenters. The van der Waals surface area contributed by atoms with Gasteiger partial charge in [-0.1, -0.05) is 86.6 Å². The molecule has 2 heterocycles. The van der Waals surface area contributed by atoms with Crippen molar-refractivity contribution in [3.8, 4) is 5.75 Å². The van der Waals surface area contributed by atoms with Crippen molar-refractivity contribution in [1.82, 2.24) is 15.0 Å². The standard InChI is InChI=1S/C42H57N3O3Si/c1-42(2,3)49(35-12-8-6-9-13-35,36-14-10-7-11-15-36)47-30-34-26-33(34)27-45-24-22-31(23-25-45)18-20-39-37-19-21-40(46-29-32-16-17-32)38(28-44(4)5)41(37)48-43-39/h6-15,19,21,31-34H,16-18,20,22-30H2,1-5H3/t33-,34+/m0/s1. The number of hydrogen-bond donors (Lipinski definition) is 0. The lowest BCUT2D eigenvalue weighted by atomic mass is 9.91. The third-order valence-electron chi connectivity index (χ3n) is 11.4. The molecule has 7 heteroatoms. The summed E-state index contributed by atoms with van der Waals surface area (Å²) in [6.45, 7) is 13.2. The van der Waals surface area contributed by atoms with E-state index in [1.807, 2.05) is 0 Å². The van der Waals surface area contributed by atoms with E-state index in [4.69, 9.17) is 13.7 Å². The Morgan fingerprint density at radius 3 is 2.12 bits per heavy atom. The molecular weight excluding hydrogens is 623 g/mol. The van der Waals surface area contributed by atoms with Gasteiger partial charge < -0.3 is 23.5 Å². The predicted octanol–water partition coefficient (Wildman–Crippen LogP) is 7.54. The number of nitrogens with zero attached hydrogens (tertiary/aromatic N) is 3. The Morgan fingerprint density at radius 1 is 0.837 bits per heavy atom. The molecule has 1 saturated heterocycles. The first-order chi connectivity index (χ1) is 23.7. The zero-order chi connectivity index (χ0) is 34.0. The van der Waals surface area contributed by atoms with Gasteiger partial charge in [0, 0.05) is 25.1 Å². The van der Waals surface area contributed by atoms with Gasteiger partial charge in [0.25, 0.3) is 8.32 Å². The van der Waals surface area contributed by atoms with E-state index in [0.717, 1.165) is 71.9 Å². The van der Waals surface area contributed by atoms with E-state index in [9.17, 15) is 0 Å². The summed E-state index contributed by atoms with van der Waals surface area (Å²) in [5.74, 6) is 3.84. The zero-order valence-electron chi connectivity index (χ0n) is 30.5. The van der Waals surface area contributed by atoms with Crippen molar-refractivity contribution in [2.75, 3.05) is 46.9 Å². The predicted molar refractivity (Wildman–Crippen MR) is 202 cm³/mol. The van der Waals surface area contributed by atoms with E-state index in [1.165, 1.54) is 68.5 Å². The van der Waals surface area contributed by atoms with Gasteiger partial charge in [-0.2, -0.15) is 0 Å². The van der Waals surface area contributed by atoms with Crippen molar-refractivity contribution in [3.63, 3.8) is 0 Å². The first kappa shape index (κ1) is 34.5. The Kier molecular flexibility index (Phi) is 10.3. The summed E-state index contributed by atoms with van der Waals surface area (Å²) in [5, 5.41) is 8.53. The second kappa shape index (κ2) is 14.7. The van der Waals surface area contributed by atoms with Crippen molar-refractivity contribution in [1.29, 1.82) is 0 Å². The number of fused-ring (bicyclic) bond motifs is 1. The fraction of sp³-hybridized carbons (Fsp3) is 0.548. The lowest BCUT2D eigenvalue weighted by molar-refractivity contribution is 0.167. The second-order valence-corrected chi connectivity index (χ2v) is 20.9. The summed E-state index contributed by atoms with van der Waals surface area (Å²) in [5.41, 5.74) is 3.14. The summed E-state index contributed by atoms with van der Waals surface area (Å²) in [6, 6.07) is 26.5. The Hall–Kier alpha value is -2.97. The number of aromatic nitrogens is 1. The number of likely N-dealkylation sites (tertiary alicyclic amines) is 1. The van der Waals surface area contributed by atoms with Gasteiger partial charge in [0.05, 0.1) is 17.9 Å². The van der Waals surface area contributed by atoms with E-state index in [-0.39, 0.29) is 5.04 Å². The lowest BCUT2D eigenvalue weighted by Gasteiger charge is -2.43. The molecule has 2 atom stereocenters. The topological polar surface area (TPSA) is 51.0 Å². The fourth-order valence-electron chi connectivity index (χ4n) is 8.23. The maximum Gasteiger partial charge on any atom is 0.261 e. The van der Waals surface area contributed by atoms with Crippen molar-refractivity contribution in [2.24, 2.45) is 23.7 Å². The maximum atomic E-state index is 7.28. The van der Waals surface area contributed by atoms with Crippen LogP contribution >= 0.6 is 0 Å². The molecule has 0 radical (unpaired) electrons. The molecule has 3 aliphatic rings. The number of hydrogen-bond acceptors (Lipinski definition) is 6. The van der Waals surface area contributed by atoms with Gasteiger partial charge in [-0.25, -0.2) is 0 Å². The minimum absolute atomic E-state index is 0.0294. The van der Waals surface area contributed by atoms with Crippen LogP contribution in [-0.2, 0) is 17.4 Å². The van der Waals surface area contributed by atoms with Gasteiger partial charge in [-0.3, -0.25) is 0 Å². The van der Waals surface area contributed by atoms with Crippen LogP contribution in [0.1, 0.15) is 70.6 Å². The molecule has 1 aromatic heterocycles. The molecule has 3 aromatic carbocycles. The Bertz CT molecular complexity index is 1620. The van der Waals surface area contributed by atoms with Crippen LogP contribution in [0.5, 0.6) is 5.75 Å². The van der Waals surface area contributed by atoms with Gasteiger partial charge in [0.1, 0.15) is 5.75 Å². The van der Waals surface area contributed by atoms with Crippen LogP contribution in [0.2, 0.25) is 5.04 Å². The molecule has 2 aliphatic carbocycles. The number of ether oxygens (including phenoxy) is 1. The largest absolute Gasteiger partial charge is 0.493 e. The summed E-state index contributed by atoms with van der Waals surface area (Å²) in [4.78, 5) is 4.91. The van der Waals surface area contributed by atoms with Gasteiger partial charge in [0.15, 0.2) is 5.58 Å². The smallest absolute Gasteiger partial charge is 0.261 e. The number of aryl methyl sites for hydroxylation is 1. The monoisotopic (exact) mass is 679 g/mol. The molecule has 0 N–H and O–H groups in total. The van der Waals surface area contributed by atoms with Crippen LogP contribution in [0.25, 0.3) is 11.0 Å². The van der Waals surface area contributed by atoms with Crippen molar-refractivity contribution < 1.29 is 13.7 Å². The van der Waals surface area contributed by atoms with Crippen LogP contribution in [0, 0.1) is 23.7 Å². The van der Waals surface area contributed by atoms with E-state index < -0.39 is 8.32 Å². The Balaban J connectivity index is 0.910. The van der Waals surface area contributed by atoms with Crippen molar-refractivity contribution in [3.05, 3.63) is 84.1 Å². The van der Waals surface area contributed by atoms with Crippen molar-refractivity contribution in [2.45, 2.75) is 77.3 Å². The first-order valence-electron chi connectivity index (χ1n) is 18.9. The third kappa shape index (κ3) is 7.85. The highest BCUT2D eigenvalue weighted by atomic mass is 28.4. The van der Waals surface area contributed by atoms with Crippen LogP contribution in [0.4, 0.5) is 0 Å². The summed E-state index contributed by atoms with van der Waals surface area (Å²) < 4.78 is 19.5. The molecule has 49 heavy (non-hydrogen) atoms. The number of rotatable bonds is 15. The highest BCUT2D eigenvalue weighted by molar-refractivity contribution is 6.99. The molecule has 7 rings (SSSR count). The molecule has 4 aromatic rings. The van der Waals surface area contributed by atoms with E-state index in [0.29, 0.717) is 5.92 Å². The minimum Gasteiger partial charge on any atom is -0.493 e. The van der Waals surface area contributed by atoms with Gasteiger partial charge in [-0.05, 0) is 123 Å². The van der Waals surface area contributed by atoms with Crippen LogP contribution in [-0.4, -0.2) is 70.2 Å². The highest BCUT2D eigenvalue weighted by Crippen LogP contribution is 2.43. The van der Waals surface area contributed by atoms with Crippen LogP contribution in [0.3, 0.4) is 0 Å². The molecule has 0 bridgehead atoms. The van der Waals surface area contributed by atoms with E-state index >= 15 is 0 Å². The van der Waals surface area contributed by atoms with E-state index in [1.54, 1.807) is 0 Å². The first-order valence-corrected chi connectivity index (χ1v) is 20.8. The number of benzene rings is 3. The minimum atomic E-state index is -2.47. The molecule has 3 fully saturated rings. The SMILES string of the molecule is CN(C)Cc1c(OCC2CC2)ccc2c(CCC3CCN(C[C@@H]4C[C@@H]4CO[Si](c4ccccc4)(c4ccccc4)C(C)(C)C)CC3)noc12.